The van der Waals surface area contributed by atoms with Crippen molar-refractivity contribution in [3.63, 3.8) is 0 Å². The highest BCUT2D eigenvalue weighted by atomic mass is 16.3. The summed E-state index contributed by atoms with van der Waals surface area (Å²) in [5.74, 6) is 3.65. The summed E-state index contributed by atoms with van der Waals surface area (Å²) in [7, 11) is 0. The lowest BCUT2D eigenvalue weighted by atomic mass is 9.98. The first kappa shape index (κ1) is 42.7. The Bertz CT molecular complexity index is 4340. The molecule has 4 aromatic heterocycles. The van der Waals surface area contributed by atoms with E-state index < -0.39 is 0 Å². The Morgan fingerprint density at radius 3 is 1.12 bits per heavy atom. The first-order chi connectivity index (χ1) is 36.6. The summed E-state index contributed by atoms with van der Waals surface area (Å²) in [4.78, 5) is 30.0. The number of para-hydroxylation sites is 2. The number of fused-ring (bicyclic) bond motifs is 6. The van der Waals surface area contributed by atoms with Gasteiger partial charge in [-0.3, -0.25) is 0 Å². The minimum absolute atomic E-state index is 0.589. The number of hydrogen-bond acceptors (Lipinski definition) is 8. The molecule has 0 saturated carbocycles. The molecule has 8 nitrogen and oxygen atoms in total. The number of hydrogen-bond donors (Lipinski definition) is 0. The second-order valence-corrected chi connectivity index (χ2v) is 18.3. The van der Waals surface area contributed by atoms with Crippen LogP contribution in [-0.4, -0.2) is 29.9 Å². The summed E-state index contributed by atoms with van der Waals surface area (Å²) in [6, 6.07) is 82.5. The van der Waals surface area contributed by atoms with Crippen molar-refractivity contribution in [1.82, 2.24) is 29.9 Å². The summed E-state index contributed by atoms with van der Waals surface area (Å²) in [5.41, 5.74) is 15.1. The summed E-state index contributed by atoms with van der Waals surface area (Å²) >= 11 is 0. The van der Waals surface area contributed by atoms with Gasteiger partial charge in [0.15, 0.2) is 34.9 Å². The minimum Gasteiger partial charge on any atom is -0.456 e. The maximum atomic E-state index is 6.67. The Labute approximate surface area is 425 Å². The van der Waals surface area contributed by atoms with Gasteiger partial charge < -0.3 is 8.83 Å². The highest BCUT2D eigenvalue weighted by Gasteiger charge is 2.18. The molecule has 74 heavy (non-hydrogen) atoms. The standard InChI is InChI=1S/C66H40N6O2/c1-4-14-43(15-5-1)61-67-62(44-16-6-2-7-17-44)69-64(68-61)47-32-28-42(29-33-47)52-23-13-24-54-56-40-50(35-37-59(56)74-60(52)54)48-20-12-21-51(38-48)66-71-63(45-18-8-3-9-19-45)70-65(72-66)46-30-26-41(27-31-46)49-34-36-58-55(39-49)53-22-10-11-25-57(53)73-58/h1-40H. The SMILES string of the molecule is c1ccc(-c2nc(-c3ccccc3)nc(-c3ccc(-c4cccc5c4oc4ccc(-c6cccc(-c7nc(-c8ccccc8)nc(-c8ccc(-c9ccc%10oc%11ccccc%11c%10c9)cc8)n7)c6)cc45)cc3)n2)cc1. The molecule has 0 amide bonds. The van der Waals surface area contributed by atoms with E-state index in [2.05, 4.69) is 127 Å². The van der Waals surface area contributed by atoms with Crippen LogP contribution in [-0.2, 0) is 0 Å². The van der Waals surface area contributed by atoms with E-state index in [9.17, 15) is 0 Å². The van der Waals surface area contributed by atoms with Crippen molar-refractivity contribution in [1.29, 1.82) is 0 Å². The van der Waals surface area contributed by atoms with Crippen LogP contribution >= 0.6 is 0 Å². The van der Waals surface area contributed by atoms with Gasteiger partial charge in [-0.25, -0.2) is 29.9 Å². The molecule has 0 unspecified atom stereocenters. The molecule has 0 radical (unpaired) electrons. The van der Waals surface area contributed by atoms with Gasteiger partial charge in [-0.1, -0.05) is 206 Å². The van der Waals surface area contributed by atoms with Crippen molar-refractivity contribution in [2.75, 3.05) is 0 Å². The monoisotopic (exact) mass is 948 g/mol. The zero-order valence-electron chi connectivity index (χ0n) is 39.6. The molecule has 8 heteroatoms. The molecule has 0 aliphatic rings. The normalized spacial score (nSPS) is 11.5. The number of nitrogens with zero attached hydrogens (tertiary/aromatic N) is 6. The average molecular weight is 949 g/mol. The lowest BCUT2D eigenvalue weighted by Gasteiger charge is -2.10. The number of furan rings is 2. The van der Waals surface area contributed by atoms with Gasteiger partial charge in [-0.05, 0) is 64.2 Å². The highest BCUT2D eigenvalue weighted by molar-refractivity contribution is 6.11. The molecule has 0 spiro atoms. The summed E-state index contributed by atoms with van der Waals surface area (Å²) in [6.07, 6.45) is 0. The number of benzene rings is 10. The second kappa shape index (κ2) is 17.9. The first-order valence-corrected chi connectivity index (χ1v) is 24.5. The van der Waals surface area contributed by atoms with Gasteiger partial charge in [0.1, 0.15) is 22.3 Å². The van der Waals surface area contributed by atoms with Crippen molar-refractivity contribution in [2.24, 2.45) is 0 Å². The van der Waals surface area contributed by atoms with Crippen molar-refractivity contribution in [3.8, 4) is 102 Å². The Hall–Kier alpha value is -10.2. The lowest BCUT2D eigenvalue weighted by molar-refractivity contribution is 0.669. The summed E-state index contributed by atoms with van der Waals surface area (Å²) < 4.78 is 12.8. The van der Waals surface area contributed by atoms with Crippen LogP contribution in [0.4, 0.5) is 0 Å². The fourth-order valence-corrected chi connectivity index (χ4v) is 9.85. The van der Waals surface area contributed by atoms with E-state index in [0.717, 1.165) is 111 Å². The highest BCUT2D eigenvalue weighted by Crippen LogP contribution is 2.39. The minimum atomic E-state index is 0.589. The predicted octanol–water partition coefficient (Wildman–Crippen LogP) is 16.9. The van der Waals surface area contributed by atoms with Crippen LogP contribution in [0.1, 0.15) is 0 Å². The molecular formula is C66H40N6O2. The lowest BCUT2D eigenvalue weighted by Crippen LogP contribution is -2.00. The van der Waals surface area contributed by atoms with Crippen LogP contribution in [0.25, 0.3) is 146 Å². The van der Waals surface area contributed by atoms with Crippen LogP contribution in [0.2, 0.25) is 0 Å². The Morgan fingerprint density at radius 1 is 0.203 bits per heavy atom. The molecule has 0 atom stereocenters. The quantitative estimate of drug-likeness (QED) is 0.141. The van der Waals surface area contributed by atoms with Crippen molar-refractivity contribution >= 4 is 43.9 Å². The molecule has 0 saturated heterocycles. The topological polar surface area (TPSA) is 104 Å². The Morgan fingerprint density at radius 2 is 0.554 bits per heavy atom. The van der Waals surface area contributed by atoms with E-state index >= 15 is 0 Å². The van der Waals surface area contributed by atoms with E-state index in [1.165, 1.54) is 0 Å². The smallest absolute Gasteiger partial charge is 0.164 e. The van der Waals surface area contributed by atoms with Crippen molar-refractivity contribution in [3.05, 3.63) is 243 Å². The molecule has 14 rings (SSSR count). The van der Waals surface area contributed by atoms with Gasteiger partial charge in [0.25, 0.3) is 0 Å². The third kappa shape index (κ3) is 7.84. The fraction of sp³-hybridized carbons (Fsp3) is 0. The maximum Gasteiger partial charge on any atom is 0.164 e. The van der Waals surface area contributed by atoms with E-state index in [4.69, 9.17) is 38.7 Å². The van der Waals surface area contributed by atoms with E-state index in [1.807, 2.05) is 115 Å². The Balaban J connectivity index is 0.783. The molecule has 4 heterocycles. The van der Waals surface area contributed by atoms with Crippen LogP contribution in [0.15, 0.2) is 251 Å². The molecule has 0 fully saturated rings. The molecule has 346 valence electrons. The zero-order valence-corrected chi connectivity index (χ0v) is 39.6. The first-order valence-electron chi connectivity index (χ1n) is 24.5. The maximum absolute atomic E-state index is 6.67. The van der Waals surface area contributed by atoms with E-state index in [0.29, 0.717) is 34.9 Å². The molecule has 10 aromatic carbocycles. The zero-order chi connectivity index (χ0) is 49.0. The average Bonchev–Trinajstić information content (AvgIpc) is 4.07. The van der Waals surface area contributed by atoms with Crippen LogP contribution in [0.3, 0.4) is 0 Å². The molecular weight excluding hydrogens is 909 g/mol. The van der Waals surface area contributed by atoms with Gasteiger partial charge in [0.2, 0.25) is 0 Å². The molecule has 14 aromatic rings. The number of aromatic nitrogens is 6. The van der Waals surface area contributed by atoms with E-state index in [1.54, 1.807) is 0 Å². The fourth-order valence-electron chi connectivity index (χ4n) is 9.85. The second-order valence-electron chi connectivity index (χ2n) is 18.3. The largest absolute Gasteiger partial charge is 0.456 e. The van der Waals surface area contributed by atoms with Crippen LogP contribution in [0, 0.1) is 0 Å². The van der Waals surface area contributed by atoms with Crippen LogP contribution in [0.5, 0.6) is 0 Å². The molecule has 0 aliphatic carbocycles. The van der Waals surface area contributed by atoms with Gasteiger partial charge in [-0.15, -0.1) is 0 Å². The third-order valence-electron chi connectivity index (χ3n) is 13.6. The molecule has 0 N–H and O–H groups in total. The van der Waals surface area contributed by atoms with Crippen molar-refractivity contribution < 1.29 is 8.83 Å². The van der Waals surface area contributed by atoms with Gasteiger partial charge >= 0.3 is 0 Å². The van der Waals surface area contributed by atoms with Crippen molar-refractivity contribution in [2.45, 2.75) is 0 Å². The number of rotatable bonds is 9. The summed E-state index contributed by atoms with van der Waals surface area (Å²) in [5, 5.41) is 4.27. The van der Waals surface area contributed by atoms with Gasteiger partial charge in [-0.2, -0.15) is 0 Å². The molecule has 0 aliphatic heterocycles. The third-order valence-corrected chi connectivity index (χ3v) is 13.6. The Kier molecular flexibility index (Phi) is 10.3. The van der Waals surface area contributed by atoms with Crippen LogP contribution < -0.4 is 0 Å². The molecule has 0 bridgehead atoms. The predicted molar refractivity (Wildman–Crippen MR) is 297 cm³/mol. The van der Waals surface area contributed by atoms with E-state index in [-0.39, 0.29) is 0 Å². The van der Waals surface area contributed by atoms with Gasteiger partial charge in [0.05, 0.1) is 0 Å². The summed E-state index contributed by atoms with van der Waals surface area (Å²) in [6.45, 7) is 0. The van der Waals surface area contributed by atoms with Gasteiger partial charge in [0, 0.05) is 60.5 Å².